The lowest BCUT2D eigenvalue weighted by Gasteiger charge is -2.16. The first-order chi connectivity index (χ1) is 15.8. The van der Waals surface area contributed by atoms with Crippen LogP contribution in [-0.2, 0) is 20.9 Å². The van der Waals surface area contributed by atoms with Crippen LogP contribution in [0.1, 0.15) is 29.8 Å². The van der Waals surface area contributed by atoms with E-state index in [9.17, 15) is 18.8 Å². The van der Waals surface area contributed by atoms with E-state index in [1.54, 1.807) is 54.6 Å². The van der Waals surface area contributed by atoms with Crippen molar-refractivity contribution >= 4 is 29.2 Å². The third-order valence-electron chi connectivity index (χ3n) is 4.54. The molecule has 3 rings (SSSR count). The largest absolute Gasteiger partial charge is 0.488 e. The maximum atomic E-state index is 13.1. The van der Waals surface area contributed by atoms with Crippen LogP contribution < -0.4 is 15.4 Å². The topological polar surface area (TPSA) is 93.7 Å². The van der Waals surface area contributed by atoms with Gasteiger partial charge >= 0.3 is 5.97 Å². The number of anilines is 2. The molecule has 170 valence electrons. The van der Waals surface area contributed by atoms with Gasteiger partial charge in [0.1, 0.15) is 23.7 Å². The Labute approximate surface area is 190 Å². The molecule has 0 fully saturated rings. The maximum Gasteiger partial charge on any atom is 0.342 e. The molecule has 0 saturated carbocycles. The van der Waals surface area contributed by atoms with Crippen molar-refractivity contribution < 1.29 is 28.2 Å². The molecule has 1 unspecified atom stereocenters. The van der Waals surface area contributed by atoms with E-state index in [-0.39, 0.29) is 29.6 Å². The van der Waals surface area contributed by atoms with E-state index >= 15 is 0 Å². The van der Waals surface area contributed by atoms with Gasteiger partial charge in [-0.1, -0.05) is 24.3 Å². The summed E-state index contributed by atoms with van der Waals surface area (Å²) in [5.74, 6) is -1.49. The number of ether oxygens (including phenoxy) is 2. The van der Waals surface area contributed by atoms with E-state index in [0.717, 1.165) is 5.56 Å². The molecule has 2 amide bonds. The molecular formula is C25H23FN2O5. The Morgan fingerprint density at radius 1 is 0.879 bits per heavy atom. The summed E-state index contributed by atoms with van der Waals surface area (Å²) >= 11 is 0. The van der Waals surface area contributed by atoms with Gasteiger partial charge in [0, 0.05) is 18.3 Å². The smallest absolute Gasteiger partial charge is 0.342 e. The monoisotopic (exact) mass is 450 g/mol. The second kappa shape index (κ2) is 10.9. The number of halogens is 1. The second-order valence-electron chi connectivity index (χ2n) is 7.21. The summed E-state index contributed by atoms with van der Waals surface area (Å²) in [6.45, 7) is 2.99. The molecular weight excluding hydrogens is 427 g/mol. The van der Waals surface area contributed by atoms with E-state index in [0.29, 0.717) is 11.4 Å². The van der Waals surface area contributed by atoms with Crippen LogP contribution in [0.25, 0.3) is 0 Å². The Morgan fingerprint density at radius 3 is 2.12 bits per heavy atom. The highest BCUT2D eigenvalue weighted by atomic mass is 19.1. The quantitative estimate of drug-likeness (QED) is 0.491. The van der Waals surface area contributed by atoms with E-state index in [4.69, 9.17) is 9.47 Å². The van der Waals surface area contributed by atoms with Gasteiger partial charge in [-0.15, -0.1) is 0 Å². The van der Waals surface area contributed by atoms with Crippen LogP contribution in [0.5, 0.6) is 5.75 Å². The highest BCUT2D eigenvalue weighted by molar-refractivity contribution is 5.98. The standard InChI is InChI=1S/C25H23FN2O5/c1-16(24(30)28-21-13-11-20(12-14-21)27-17(2)29)33-25(31)22-5-3-4-6-23(22)32-15-18-7-9-19(26)10-8-18/h3-14,16H,15H2,1-2H3,(H,27,29)(H,28,30). The summed E-state index contributed by atoms with van der Waals surface area (Å²) in [6, 6.07) is 18.9. The maximum absolute atomic E-state index is 13.1. The van der Waals surface area contributed by atoms with Gasteiger partial charge in [-0.25, -0.2) is 9.18 Å². The lowest BCUT2D eigenvalue weighted by Crippen LogP contribution is -2.30. The Balaban J connectivity index is 1.59. The van der Waals surface area contributed by atoms with Crippen LogP contribution in [0.4, 0.5) is 15.8 Å². The molecule has 1 atom stereocenters. The molecule has 7 nitrogen and oxygen atoms in total. The van der Waals surface area contributed by atoms with Crippen LogP contribution in [0, 0.1) is 5.82 Å². The minimum absolute atomic E-state index is 0.134. The molecule has 8 heteroatoms. The summed E-state index contributed by atoms with van der Waals surface area (Å²) in [4.78, 5) is 36.2. The third-order valence-corrected chi connectivity index (χ3v) is 4.54. The summed E-state index contributed by atoms with van der Waals surface area (Å²) < 4.78 is 24.1. The van der Waals surface area contributed by atoms with Gasteiger partial charge < -0.3 is 20.1 Å². The number of carbonyl (C=O) groups excluding carboxylic acids is 3. The first-order valence-electron chi connectivity index (χ1n) is 10.2. The molecule has 3 aromatic carbocycles. The Bertz CT molecular complexity index is 1130. The van der Waals surface area contributed by atoms with Crippen LogP contribution in [-0.4, -0.2) is 23.9 Å². The highest BCUT2D eigenvalue weighted by Gasteiger charge is 2.21. The molecule has 3 aromatic rings. The molecule has 0 aliphatic rings. The first-order valence-corrected chi connectivity index (χ1v) is 10.2. The van der Waals surface area contributed by atoms with Crippen molar-refractivity contribution in [1.82, 2.24) is 0 Å². The third kappa shape index (κ3) is 6.90. The van der Waals surface area contributed by atoms with Crippen molar-refractivity contribution in [3.05, 3.63) is 89.7 Å². The summed E-state index contributed by atoms with van der Waals surface area (Å²) in [5, 5.41) is 5.29. The summed E-state index contributed by atoms with van der Waals surface area (Å²) in [6.07, 6.45) is -1.07. The van der Waals surface area contributed by atoms with Gasteiger partial charge in [-0.2, -0.15) is 0 Å². The minimum Gasteiger partial charge on any atom is -0.488 e. The molecule has 0 bridgehead atoms. The van der Waals surface area contributed by atoms with Gasteiger partial charge in [0.25, 0.3) is 5.91 Å². The number of carbonyl (C=O) groups is 3. The predicted octanol–water partition coefficient (Wildman–Crippen LogP) is 4.55. The fraction of sp³-hybridized carbons (Fsp3) is 0.160. The molecule has 0 aliphatic heterocycles. The molecule has 0 aliphatic carbocycles. The number of nitrogens with one attached hydrogen (secondary N) is 2. The molecule has 0 spiro atoms. The van der Waals surface area contributed by atoms with Crippen LogP contribution in [0.3, 0.4) is 0 Å². The van der Waals surface area contributed by atoms with Crippen molar-refractivity contribution in [3.63, 3.8) is 0 Å². The fourth-order valence-corrected chi connectivity index (χ4v) is 2.86. The SMILES string of the molecule is CC(=O)Nc1ccc(NC(=O)C(C)OC(=O)c2ccccc2OCc2ccc(F)cc2)cc1. The van der Waals surface area contributed by atoms with Crippen molar-refractivity contribution in [3.8, 4) is 5.75 Å². The highest BCUT2D eigenvalue weighted by Crippen LogP contribution is 2.21. The second-order valence-corrected chi connectivity index (χ2v) is 7.21. The number of benzene rings is 3. The lowest BCUT2D eigenvalue weighted by atomic mass is 10.2. The average molecular weight is 450 g/mol. The predicted molar refractivity (Wildman–Crippen MR) is 121 cm³/mol. The number of rotatable bonds is 8. The van der Waals surface area contributed by atoms with Gasteiger partial charge in [-0.3, -0.25) is 9.59 Å². The Morgan fingerprint density at radius 2 is 1.48 bits per heavy atom. The molecule has 0 heterocycles. The fourth-order valence-electron chi connectivity index (χ4n) is 2.86. The minimum atomic E-state index is -1.07. The van der Waals surface area contributed by atoms with E-state index in [1.165, 1.54) is 32.0 Å². The van der Waals surface area contributed by atoms with E-state index < -0.39 is 18.0 Å². The zero-order valence-electron chi connectivity index (χ0n) is 18.1. The molecule has 0 saturated heterocycles. The van der Waals surface area contributed by atoms with Crippen LogP contribution in [0.15, 0.2) is 72.8 Å². The molecule has 0 aromatic heterocycles. The van der Waals surface area contributed by atoms with E-state index in [2.05, 4.69) is 10.6 Å². The number of hydrogen-bond donors (Lipinski definition) is 2. The lowest BCUT2D eigenvalue weighted by molar-refractivity contribution is -0.123. The molecule has 2 N–H and O–H groups in total. The molecule has 33 heavy (non-hydrogen) atoms. The van der Waals surface area contributed by atoms with E-state index in [1.807, 2.05) is 0 Å². The number of para-hydroxylation sites is 1. The van der Waals surface area contributed by atoms with Crippen LogP contribution >= 0.6 is 0 Å². The van der Waals surface area contributed by atoms with Gasteiger partial charge in [0.15, 0.2) is 6.10 Å². The van der Waals surface area contributed by atoms with Gasteiger partial charge in [0.2, 0.25) is 5.91 Å². The van der Waals surface area contributed by atoms with Crippen molar-refractivity contribution in [2.75, 3.05) is 10.6 Å². The normalized spacial score (nSPS) is 11.2. The first kappa shape index (κ1) is 23.5. The van der Waals surface area contributed by atoms with Crippen LogP contribution in [0.2, 0.25) is 0 Å². The average Bonchev–Trinajstić information content (AvgIpc) is 2.79. The molecule has 0 radical (unpaired) electrons. The Hall–Kier alpha value is -4.20. The zero-order chi connectivity index (χ0) is 23.8. The number of hydrogen-bond acceptors (Lipinski definition) is 5. The van der Waals surface area contributed by atoms with Crippen molar-refractivity contribution in [2.24, 2.45) is 0 Å². The van der Waals surface area contributed by atoms with Gasteiger partial charge in [-0.05, 0) is 61.0 Å². The van der Waals surface area contributed by atoms with Gasteiger partial charge in [0.05, 0.1) is 0 Å². The summed E-state index contributed by atoms with van der Waals surface area (Å²) in [7, 11) is 0. The van der Waals surface area contributed by atoms with Crippen molar-refractivity contribution in [1.29, 1.82) is 0 Å². The number of amides is 2. The summed E-state index contributed by atoms with van der Waals surface area (Å²) in [5.41, 5.74) is 1.98. The zero-order valence-corrected chi connectivity index (χ0v) is 18.1. The van der Waals surface area contributed by atoms with Crippen molar-refractivity contribution in [2.45, 2.75) is 26.6 Å². The number of esters is 1. The Kier molecular flexibility index (Phi) is 7.75.